The quantitative estimate of drug-likeness (QED) is 0.277. The van der Waals surface area contributed by atoms with Crippen LogP contribution in [0.15, 0.2) is 66.2 Å². The van der Waals surface area contributed by atoms with Gasteiger partial charge in [0.05, 0.1) is 5.02 Å². The molecule has 3 aromatic carbocycles. The molecule has 0 aliphatic rings. The summed E-state index contributed by atoms with van der Waals surface area (Å²) in [7, 11) is 0. The molecule has 0 heterocycles. The molecule has 9 heteroatoms. The van der Waals surface area contributed by atoms with Crippen molar-refractivity contribution in [1.82, 2.24) is 0 Å². The normalized spacial score (nSPS) is 10.9. The van der Waals surface area contributed by atoms with Crippen LogP contribution >= 0.6 is 34.8 Å². The minimum absolute atomic E-state index is 0.124. The number of halogens is 3. The van der Waals surface area contributed by atoms with Crippen LogP contribution in [0.3, 0.4) is 0 Å². The Morgan fingerprint density at radius 3 is 2.41 bits per heavy atom. The van der Waals surface area contributed by atoms with E-state index in [9.17, 15) is 14.9 Å². The molecule has 0 radical (unpaired) electrons. The molecule has 0 aromatic heterocycles. The lowest BCUT2D eigenvalue weighted by Gasteiger charge is -2.10. The van der Waals surface area contributed by atoms with E-state index in [1.165, 1.54) is 12.1 Å². The molecule has 172 valence electrons. The molecular weight excluding hydrogens is 497 g/mol. The fraction of sp³-hybridized carbons (Fsp3) is 0.0800. The number of nitrogens with zero attached hydrogens (tertiary/aromatic N) is 1. The molecule has 3 aromatic rings. The summed E-state index contributed by atoms with van der Waals surface area (Å²) in [5.74, 6) is -0.698. The second kappa shape index (κ2) is 11.6. The van der Waals surface area contributed by atoms with Crippen molar-refractivity contribution in [3.05, 3.63) is 92.4 Å². The van der Waals surface area contributed by atoms with Crippen LogP contribution in [0.1, 0.15) is 11.1 Å². The van der Waals surface area contributed by atoms with E-state index in [-0.39, 0.29) is 28.9 Å². The predicted molar refractivity (Wildman–Crippen MR) is 135 cm³/mol. The summed E-state index contributed by atoms with van der Waals surface area (Å²) in [4.78, 5) is 24.6. The summed E-state index contributed by atoms with van der Waals surface area (Å²) in [6, 6.07) is 18.3. The maximum absolute atomic E-state index is 12.4. The van der Waals surface area contributed by atoms with Gasteiger partial charge in [0.1, 0.15) is 17.4 Å². The molecule has 0 unspecified atom stereocenters. The number of carbonyl (C=O) groups excluding carboxylic acids is 2. The Bertz CT molecular complexity index is 1320. The highest BCUT2D eigenvalue weighted by molar-refractivity contribution is 6.32. The second-order valence-electron chi connectivity index (χ2n) is 7.12. The Hall–Kier alpha value is -3.50. The van der Waals surface area contributed by atoms with Gasteiger partial charge in [0.25, 0.3) is 11.8 Å². The summed E-state index contributed by atoms with van der Waals surface area (Å²) in [6.45, 7) is 1.59. The van der Waals surface area contributed by atoms with Gasteiger partial charge < -0.3 is 15.4 Å². The summed E-state index contributed by atoms with van der Waals surface area (Å²) in [6.07, 6.45) is 1.39. The highest BCUT2D eigenvalue weighted by Gasteiger charge is 2.12. The number of hydrogen-bond acceptors (Lipinski definition) is 4. The van der Waals surface area contributed by atoms with Crippen molar-refractivity contribution < 1.29 is 14.3 Å². The van der Waals surface area contributed by atoms with Gasteiger partial charge in [0, 0.05) is 21.4 Å². The number of carbonyl (C=O) groups is 2. The van der Waals surface area contributed by atoms with Gasteiger partial charge in [-0.3, -0.25) is 9.59 Å². The van der Waals surface area contributed by atoms with E-state index in [1.807, 2.05) is 13.0 Å². The van der Waals surface area contributed by atoms with Crippen LogP contribution in [0.4, 0.5) is 11.4 Å². The van der Waals surface area contributed by atoms with Crippen molar-refractivity contribution in [1.29, 1.82) is 5.26 Å². The lowest BCUT2D eigenvalue weighted by molar-refractivity contribution is -0.118. The zero-order valence-corrected chi connectivity index (χ0v) is 20.1. The van der Waals surface area contributed by atoms with Gasteiger partial charge in [-0.25, -0.2) is 0 Å². The first kappa shape index (κ1) is 25.1. The number of aryl methyl sites for hydroxylation is 1. The van der Waals surface area contributed by atoms with E-state index in [2.05, 4.69) is 10.6 Å². The third-order valence-electron chi connectivity index (χ3n) is 4.53. The molecule has 0 spiro atoms. The SMILES string of the molecule is Cc1ccc(NC(=O)COc2ccc(/C=C(/C#N)C(=O)Nc3cccc(Cl)c3)cc2Cl)cc1Cl. The molecule has 0 atom stereocenters. The van der Waals surface area contributed by atoms with Gasteiger partial charge in [-0.2, -0.15) is 5.26 Å². The number of nitrogens with one attached hydrogen (secondary N) is 2. The molecule has 0 bridgehead atoms. The van der Waals surface area contributed by atoms with E-state index in [0.29, 0.717) is 27.0 Å². The van der Waals surface area contributed by atoms with Gasteiger partial charge in [0.15, 0.2) is 6.61 Å². The average molecular weight is 515 g/mol. The fourth-order valence-electron chi connectivity index (χ4n) is 2.81. The molecule has 2 amide bonds. The highest BCUT2D eigenvalue weighted by Crippen LogP contribution is 2.27. The predicted octanol–water partition coefficient (Wildman–Crippen LogP) is 6.52. The Morgan fingerprint density at radius 1 is 0.971 bits per heavy atom. The fourth-order valence-corrected chi connectivity index (χ4v) is 3.43. The molecule has 34 heavy (non-hydrogen) atoms. The zero-order chi connectivity index (χ0) is 24.7. The smallest absolute Gasteiger partial charge is 0.266 e. The lowest BCUT2D eigenvalue weighted by Crippen LogP contribution is -2.20. The van der Waals surface area contributed by atoms with Crippen LogP contribution in [0, 0.1) is 18.3 Å². The number of benzene rings is 3. The Labute approximate surface area is 211 Å². The number of amides is 2. The summed E-state index contributed by atoms with van der Waals surface area (Å²) in [5, 5.41) is 15.9. The number of hydrogen-bond donors (Lipinski definition) is 2. The van der Waals surface area contributed by atoms with Gasteiger partial charge in [-0.05, 0) is 66.6 Å². The Morgan fingerprint density at radius 2 is 1.74 bits per heavy atom. The van der Waals surface area contributed by atoms with Gasteiger partial charge in [-0.1, -0.05) is 53.0 Å². The largest absolute Gasteiger partial charge is 0.482 e. The van der Waals surface area contributed by atoms with Crippen molar-refractivity contribution in [3.8, 4) is 11.8 Å². The Balaban J connectivity index is 1.63. The van der Waals surface area contributed by atoms with Crippen molar-refractivity contribution >= 4 is 64.1 Å². The molecule has 0 saturated carbocycles. The molecular formula is C25H18Cl3N3O3. The van der Waals surface area contributed by atoms with E-state index >= 15 is 0 Å². The van der Waals surface area contributed by atoms with Crippen LogP contribution < -0.4 is 15.4 Å². The lowest BCUT2D eigenvalue weighted by atomic mass is 10.1. The first-order chi connectivity index (χ1) is 16.2. The molecule has 0 saturated heterocycles. The molecule has 0 fully saturated rings. The number of rotatable bonds is 7. The zero-order valence-electron chi connectivity index (χ0n) is 17.9. The van der Waals surface area contributed by atoms with E-state index in [1.54, 1.807) is 54.6 Å². The second-order valence-corrected chi connectivity index (χ2v) is 8.38. The summed E-state index contributed by atoms with van der Waals surface area (Å²) in [5.41, 5.74) is 2.30. The highest BCUT2D eigenvalue weighted by atomic mass is 35.5. The average Bonchev–Trinajstić information content (AvgIpc) is 2.79. The third-order valence-corrected chi connectivity index (χ3v) is 5.47. The first-order valence-corrected chi connectivity index (χ1v) is 11.1. The van der Waals surface area contributed by atoms with Crippen molar-refractivity contribution in [2.45, 2.75) is 6.92 Å². The third kappa shape index (κ3) is 7.00. The summed E-state index contributed by atoms with van der Waals surface area (Å²) < 4.78 is 5.49. The van der Waals surface area contributed by atoms with E-state index in [4.69, 9.17) is 39.5 Å². The van der Waals surface area contributed by atoms with Crippen LogP contribution in [-0.2, 0) is 9.59 Å². The minimum atomic E-state index is -0.589. The maximum Gasteiger partial charge on any atom is 0.266 e. The number of nitriles is 1. The minimum Gasteiger partial charge on any atom is -0.482 e. The number of ether oxygens (including phenoxy) is 1. The molecule has 2 N–H and O–H groups in total. The Kier molecular flexibility index (Phi) is 8.55. The van der Waals surface area contributed by atoms with Crippen molar-refractivity contribution in [3.63, 3.8) is 0 Å². The van der Waals surface area contributed by atoms with E-state index < -0.39 is 5.91 Å². The van der Waals surface area contributed by atoms with Crippen LogP contribution in [-0.4, -0.2) is 18.4 Å². The maximum atomic E-state index is 12.4. The molecule has 3 rings (SSSR count). The van der Waals surface area contributed by atoms with Crippen molar-refractivity contribution in [2.24, 2.45) is 0 Å². The molecule has 6 nitrogen and oxygen atoms in total. The first-order valence-electron chi connectivity index (χ1n) is 9.92. The van der Waals surface area contributed by atoms with Crippen LogP contribution in [0.25, 0.3) is 6.08 Å². The monoisotopic (exact) mass is 513 g/mol. The number of anilines is 2. The topological polar surface area (TPSA) is 91.2 Å². The summed E-state index contributed by atoms with van der Waals surface area (Å²) >= 11 is 18.2. The van der Waals surface area contributed by atoms with Crippen LogP contribution in [0.5, 0.6) is 5.75 Å². The standard InChI is InChI=1S/C25H18Cl3N3O3/c1-15-5-7-20(12-21(15)27)30-24(32)14-34-23-8-6-16(10-22(23)28)9-17(13-29)25(33)31-19-4-2-3-18(26)11-19/h2-12H,14H2,1H3,(H,30,32)(H,31,33)/b17-9-. The molecule has 0 aliphatic carbocycles. The molecule has 0 aliphatic heterocycles. The van der Waals surface area contributed by atoms with Crippen molar-refractivity contribution in [2.75, 3.05) is 17.2 Å². The van der Waals surface area contributed by atoms with Gasteiger partial charge >= 0.3 is 0 Å². The van der Waals surface area contributed by atoms with Gasteiger partial charge in [0.2, 0.25) is 0 Å². The van der Waals surface area contributed by atoms with E-state index in [0.717, 1.165) is 5.56 Å². The van der Waals surface area contributed by atoms with Gasteiger partial charge in [-0.15, -0.1) is 0 Å². The van der Waals surface area contributed by atoms with Crippen LogP contribution in [0.2, 0.25) is 15.1 Å².